The molecule has 0 N–H and O–H groups in total. The van der Waals surface area contributed by atoms with Gasteiger partial charge < -0.3 is 14.5 Å². The molecule has 0 saturated carbocycles. The zero-order valence-electron chi connectivity index (χ0n) is 19.5. The lowest BCUT2D eigenvalue weighted by Gasteiger charge is -2.42. The highest BCUT2D eigenvalue weighted by Gasteiger charge is 2.41. The van der Waals surface area contributed by atoms with E-state index in [1.165, 1.54) is 16.4 Å². The van der Waals surface area contributed by atoms with Gasteiger partial charge in [-0.1, -0.05) is 18.2 Å². The number of carbonyl (C=O) groups is 1. The second-order valence-corrected chi connectivity index (χ2v) is 11.3. The molecule has 2 aromatic carbocycles. The SMILES string of the molecule is CN1CCN(C(=O)CC2(COc3ccccc3)CCN(S(=O)(=O)c3ccc(F)cc3)CC2)CC1. The van der Waals surface area contributed by atoms with Gasteiger partial charge in [-0.25, -0.2) is 12.8 Å². The summed E-state index contributed by atoms with van der Waals surface area (Å²) in [6, 6.07) is 14.4. The van der Waals surface area contributed by atoms with Gasteiger partial charge in [-0.3, -0.25) is 4.79 Å². The molecule has 0 radical (unpaired) electrons. The van der Waals surface area contributed by atoms with Crippen molar-refractivity contribution < 1.29 is 22.3 Å². The van der Waals surface area contributed by atoms with Gasteiger partial charge in [0.15, 0.2) is 0 Å². The minimum atomic E-state index is -3.73. The van der Waals surface area contributed by atoms with Crippen LogP contribution in [-0.4, -0.2) is 81.4 Å². The summed E-state index contributed by atoms with van der Waals surface area (Å²) >= 11 is 0. The van der Waals surface area contributed by atoms with Crippen molar-refractivity contribution >= 4 is 15.9 Å². The molecule has 0 bridgehead atoms. The van der Waals surface area contributed by atoms with E-state index in [-0.39, 0.29) is 23.9 Å². The Balaban J connectivity index is 1.47. The fraction of sp³-hybridized carbons (Fsp3) is 0.480. The number of halogens is 1. The average Bonchev–Trinajstić information content (AvgIpc) is 2.84. The van der Waals surface area contributed by atoms with Crippen LogP contribution >= 0.6 is 0 Å². The molecule has 0 spiro atoms. The first-order chi connectivity index (χ1) is 16.3. The number of para-hydroxylation sites is 1. The van der Waals surface area contributed by atoms with Gasteiger partial charge in [0.05, 0.1) is 11.5 Å². The molecule has 2 fully saturated rings. The van der Waals surface area contributed by atoms with Crippen molar-refractivity contribution in [2.45, 2.75) is 24.2 Å². The van der Waals surface area contributed by atoms with E-state index in [1.807, 2.05) is 42.3 Å². The fourth-order valence-electron chi connectivity index (χ4n) is 4.57. The number of rotatable bonds is 7. The first-order valence-corrected chi connectivity index (χ1v) is 13.1. The number of ether oxygens (including phenoxy) is 1. The molecule has 9 heteroatoms. The van der Waals surface area contributed by atoms with Crippen molar-refractivity contribution in [2.24, 2.45) is 5.41 Å². The van der Waals surface area contributed by atoms with E-state index in [0.717, 1.165) is 31.0 Å². The molecule has 2 heterocycles. The standard InChI is InChI=1S/C25H32FN3O4S/c1-27-15-17-28(18-16-27)24(30)19-25(20-33-22-5-3-2-4-6-22)11-13-29(14-12-25)34(31,32)23-9-7-21(26)8-10-23/h2-10H,11-20H2,1H3. The molecule has 2 aromatic rings. The van der Waals surface area contributed by atoms with Gasteiger partial charge in [0.2, 0.25) is 15.9 Å². The molecule has 0 aromatic heterocycles. The Kier molecular flexibility index (Phi) is 7.54. The highest BCUT2D eigenvalue weighted by Crippen LogP contribution is 2.38. The van der Waals surface area contributed by atoms with Crippen LogP contribution < -0.4 is 4.74 Å². The van der Waals surface area contributed by atoms with E-state index < -0.39 is 21.3 Å². The maximum absolute atomic E-state index is 13.3. The Bertz CT molecular complexity index is 1060. The van der Waals surface area contributed by atoms with E-state index in [1.54, 1.807) is 0 Å². The van der Waals surface area contributed by atoms with E-state index >= 15 is 0 Å². The van der Waals surface area contributed by atoms with Crippen molar-refractivity contribution in [1.29, 1.82) is 0 Å². The lowest BCUT2D eigenvalue weighted by atomic mass is 9.76. The van der Waals surface area contributed by atoms with Crippen LogP contribution in [0.2, 0.25) is 0 Å². The zero-order chi connectivity index (χ0) is 24.2. The number of carbonyl (C=O) groups excluding carboxylic acids is 1. The second-order valence-electron chi connectivity index (χ2n) is 9.32. The van der Waals surface area contributed by atoms with E-state index in [9.17, 15) is 17.6 Å². The summed E-state index contributed by atoms with van der Waals surface area (Å²) in [5.74, 6) is 0.354. The van der Waals surface area contributed by atoms with Crippen molar-refractivity contribution in [2.75, 3.05) is 52.9 Å². The van der Waals surface area contributed by atoms with Gasteiger partial charge in [0.1, 0.15) is 11.6 Å². The fourth-order valence-corrected chi connectivity index (χ4v) is 6.01. The average molecular weight is 490 g/mol. The molecule has 2 aliphatic rings. The van der Waals surface area contributed by atoms with Crippen LogP contribution in [0.1, 0.15) is 19.3 Å². The van der Waals surface area contributed by atoms with E-state index in [4.69, 9.17) is 4.74 Å². The molecule has 2 aliphatic heterocycles. The number of nitrogens with zero attached hydrogens (tertiary/aromatic N) is 3. The number of amides is 1. The predicted molar refractivity (Wildman–Crippen MR) is 127 cm³/mol. The lowest BCUT2D eigenvalue weighted by molar-refractivity contribution is -0.136. The highest BCUT2D eigenvalue weighted by molar-refractivity contribution is 7.89. The van der Waals surface area contributed by atoms with Gasteiger partial charge in [0.25, 0.3) is 0 Å². The summed E-state index contributed by atoms with van der Waals surface area (Å²) in [5.41, 5.74) is -0.453. The lowest BCUT2D eigenvalue weighted by Crippen LogP contribution is -2.51. The number of likely N-dealkylation sites (N-methyl/N-ethyl adjacent to an activating group) is 1. The normalized spacial score (nSPS) is 19.6. The molecule has 0 unspecified atom stereocenters. The Morgan fingerprint density at radius 3 is 2.18 bits per heavy atom. The topological polar surface area (TPSA) is 70.2 Å². The van der Waals surface area contributed by atoms with Crippen LogP contribution in [0.4, 0.5) is 4.39 Å². The van der Waals surface area contributed by atoms with Crippen molar-refractivity contribution in [3.05, 3.63) is 60.4 Å². The number of benzene rings is 2. The Morgan fingerprint density at radius 2 is 1.56 bits per heavy atom. The molecule has 1 amide bonds. The van der Waals surface area contributed by atoms with Crippen LogP contribution in [0.3, 0.4) is 0 Å². The van der Waals surface area contributed by atoms with Crippen LogP contribution in [-0.2, 0) is 14.8 Å². The largest absolute Gasteiger partial charge is 0.493 e. The maximum atomic E-state index is 13.3. The predicted octanol–water partition coefficient (Wildman–Crippen LogP) is 2.84. The van der Waals surface area contributed by atoms with Crippen LogP contribution in [0.15, 0.2) is 59.5 Å². The molecule has 34 heavy (non-hydrogen) atoms. The molecular formula is C25H32FN3O4S. The minimum Gasteiger partial charge on any atom is -0.493 e. The first-order valence-electron chi connectivity index (χ1n) is 11.7. The minimum absolute atomic E-state index is 0.0791. The second kappa shape index (κ2) is 10.4. The number of hydrogen-bond donors (Lipinski definition) is 0. The molecule has 7 nitrogen and oxygen atoms in total. The van der Waals surface area contributed by atoms with Crippen LogP contribution in [0, 0.1) is 11.2 Å². The Labute approximate surface area is 201 Å². The maximum Gasteiger partial charge on any atom is 0.243 e. The van der Waals surface area contributed by atoms with Crippen LogP contribution in [0.5, 0.6) is 5.75 Å². The van der Waals surface area contributed by atoms with Crippen molar-refractivity contribution in [3.8, 4) is 5.75 Å². The third-order valence-electron chi connectivity index (χ3n) is 6.90. The molecule has 0 atom stereocenters. The van der Waals surface area contributed by atoms with Crippen molar-refractivity contribution in [1.82, 2.24) is 14.1 Å². The summed E-state index contributed by atoms with van der Waals surface area (Å²) < 4.78 is 47.0. The van der Waals surface area contributed by atoms with Crippen molar-refractivity contribution in [3.63, 3.8) is 0 Å². The summed E-state index contributed by atoms with van der Waals surface area (Å²) in [5, 5.41) is 0. The van der Waals surface area contributed by atoms with Gasteiger partial charge in [0, 0.05) is 51.1 Å². The van der Waals surface area contributed by atoms with E-state index in [0.29, 0.717) is 39.0 Å². The highest BCUT2D eigenvalue weighted by atomic mass is 32.2. The van der Waals surface area contributed by atoms with Gasteiger partial charge >= 0.3 is 0 Å². The van der Waals surface area contributed by atoms with Gasteiger partial charge in [-0.05, 0) is 56.3 Å². The third-order valence-corrected chi connectivity index (χ3v) is 8.82. The quantitative estimate of drug-likeness (QED) is 0.598. The van der Waals surface area contributed by atoms with Crippen LogP contribution in [0.25, 0.3) is 0 Å². The summed E-state index contributed by atoms with van der Waals surface area (Å²) in [4.78, 5) is 17.4. The third kappa shape index (κ3) is 5.76. The Hall–Kier alpha value is -2.49. The summed E-state index contributed by atoms with van der Waals surface area (Å²) in [6.07, 6.45) is 1.35. The molecular weight excluding hydrogens is 457 g/mol. The number of piperazine rings is 1. The Morgan fingerprint density at radius 1 is 0.941 bits per heavy atom. The summed E-state index contributed by atoms with van der Waals surface area (Å²) in [7, 11) is -1.68. The number of hydrogen-bond acceptors (Lipinski definition) is 5. The molecule has 0 aliphatic carbocycles. The summed E-state index contributed by atoms with van der Waals surface area (Å²) in [6.45, 7) is 4.03. The number of piperidine rings is 1. The first kappa shape index (κ1) is 24.6. The van der Waals surface area contributed by atoms with E-state index in [2.05, 4.69) is 4.90 Å². The molecule has 184 valence electrons. The zero-order valence-corrected chi connectivity index (χ0v) is 20.3. The molecule has 2 saturated heterocycles. The monoisotopic (exact) mass is 489 g/mol. The smallest absolute Gasteiger partial charge is 0.243 e. The number of sulfonamides is 1. The van der Waals surface area contributed by atoms with Gasteiger partial charge in [-0.2, -0.15) is 4.31 Å². The van der Waals surface area contributed by atoms with Gasteiger partial charge in [-0.15, -0.1) is 0 Å². The molecule has 4 rings (SSSR count).